The van der Waals surface area contributed by atoms with Gasteiger partial charge in [0, 0.05) is 24.1 Å². The lowest BCUT2D eigenvalue weighted by Crippen LogP contribution is -2.27. The van der Waals surface area contributed by atoms with Crippen LogP contribution in [0.5, 0.6) is 5.75 Å². The van der Waals surface area contributed by atoms with Gasteiger partial charge in [0.15, 0.2) is 0 Å². The van der Waals surface area contributed by atoms with Gasteiger partial charge in [-0.3, -0.25) is 4.79 Å². The Morgan fingerprint density at radius 2 is 2.10 bits per heavy atom. The predicted octanol–water partition coefficient (Wildman–Crippen LogP) is 2.06. The van der Waals surface area contributed by atoms with E-state index < -0.39 is 21.4 Å². The number of benzene rings is 1. The predicted molar refractivity (Wildman–Crippen MR) is 73.5 cm³/mol. The van der Waals surface area contributed by atoms with Gasteiger partial charge in [0.1, 0.15) is 11.0 Å². The van der Waals surface area contributed by atoms with E-state index in [1.54, 1.807) is 13.0 Å². The minimum absolute atomic E-state index is 0.227. The third-order valence-corrected chi connectivity index (χ3v) is 4.76. The Morgan fingerprint density at radius 1 is 1.45 bits per heavy atom. The Hall–Kier alpha value is -1.34. The third-order valence-electron chi connectivity index (χ3n) is 3.24. The number of methoxy groups -OCH3 is 1. The first-order chi connectivity index (χ1) is 9.24. The van der Waals surface area contributed by atoms with E-state index in [9.17, 15) is 17.1 Å². The van der Waals surface area contributed by atoms with Crippen molar-refractivity contribution in [1.29, 1.82) is 0 Å². The van der Waals surface area contributed by atoms with Gasteiger partial charge in [0.2, 0.25) is 5.91 Å². The lowest BCUT2D eigenvalue weighted by Gasteiger charge is -2.20. The van der Waals surface area contributed by atoms with Gasteiger partial charge in [-0.1, -0.05) is 11.6 Å². The van der Waals surface area contributed by atoms with Crippen molar-refractivity contribution in [3.63, 3.8) is 0 Å². The van der Waals surface area contributed by atoms with E-state index >= 15 is 0 Å². The summed E-state index contributed by atoms with van der Waals surface area (Å²) in [7, 11) is -3.33. The molecule has 1 saturated heterocycles. The maximum Gasteiger partial charge on any atom is 0.307 e. The van der Waals surface area contributed by atoms with Gasteiger partial charge in [-0.15, -0.1) is 3.89 Å². The van der Waals surface area contributed by atoms with Gasteiger partial charge in [-0.25, -0.2) is 0 Å². The summed E-state index contributed by atoms with van der Waals surface area (Å²) >= 11 is 5.97. The molecule has 0 spiro atoms. The minimum Gasteiger partial charge on any atom is -0.495 e. The molecule has 1 aromatic rings. The van der Waals surface area contributed by atoms with Crippen molar-refractivity contribution < 1.29 is 21.8 Å². The summed E-state index contributed by atoms with van der Waals surface area (Å²) in [6, 6.07) is 3.16. The van der Waals surface area contributed by atoms with Crippen molar-refractivity contribution in [3.05, 3.63) is 22.7 Å². The van der Waals surface area contributed by atoms with E-state index in [1.165, 1.54) is 18.1 Å². The van der Waals surface area contributed by atoms with Crippen LogP contribution in [0.1, 0.15) is 12.0 Å². The number of carbonyl (C=O) groups excluding carboxylic acids is 1. The van der Waals surface area contributed by atoms with E-state index in [0.717, 1.165) is 0 Å². The lowest BCUT2D eigenvalue weighted by molar-refractivity contribution is -0.117. The number of halogens is 2. The summed E-state index contributed by atoms with van der Waals surface area (Å²) in [4.78, 5) is 13.1. The largest absolute Gasteiger partial charge is 0.495 e. The molecule has 1 unspecified atom stereocenters. The number of amides is 1. The molecule has 1 aliphatic rings. The van der Waals surface area contributed by atoms with Crippen LogP contribution < -0.4 is 9.64 Å². The van der Waals surface area contributed by atoms with Crippen LogP contribution in [0, 0.1) is 6.92 Å². The maximum atomic E-state index is 13.0. The normalized spacial score (nSPS) is 19.5. The van der Waals surface area contributed by atoms with Crippen LogP contribution in [0.2, 0.25) is 5.02 Å². The van der Waals surface area contributed by atoms with Crippen LogP contribution in [0.15, 0.2) is 12.1 Å². The molecule has 0 radical (unpaired) electrons. The highest BCUT2D eigenvalue weighted by Gasteiger charge is 2.40. The Kier molecular flexibility index (Phi) is 3.93. The van der Waals surface area contributed by atoms with Gasteiger partial charge in [-0.05, 0) is 18.6 Å². The number of ether oxygens (including phenoxy) is 1. The van der Waals surface area contributed by atoms with Crippen molar-refractivity contribution >= 4 is 33.4 Å². The molecule has 1 heterocycles. The fourth-order valence-corrected chi connectivity index (χ4v) is 2.94. The quantitative estimate of drug-likeness (QED) is 0.799. The van der Waals surface area contributed by atoms with Crippen LogP contribution in [0.3, 0.4) is 0 Å². The maximum absolute atomic E-state index is 13.0. The molecule has 5 nitrogen and oxygen atoms in total. The first-order valence-corrected chi connectivity index (χ1v) is 7.64. The van der Waals surface area contributed by atoms with Crippen LogP contribution in [-0.2, 0) is 15.0 Å². The molecular formula is C12H13ClFNO4S. The van der Waals surface area contributed by atoms with E-state index in [1.807, 2.05) is 0 Å². The fraction of sp³-hybridized carbons (Fsp3) is 0.417. The topological polar surface area (TPSA) is 63.7 Å². The number of nitrogens with zero attached hydrogens (tertiary/aromatic N) is 1. The highest BCUT2D eigenvalue weighted by atomic mass is 35.5. The number of hydrogen-bond acceptors (Lipinski definition) is 4. The summed E-state index contributed by atoms with van der Waals surface area (Å²) in [6.07, 6.45) is -0.371. The molecule has 1 atom stereocenters. The van der Waals surface area contributed by atoms with Crippen LogP contribution in [0.4, 0.5) is 9.57 Å². The zero-order valence-corrected chi connectivity index (χ0v) is 12.5. The summed E-state index contributed by atoms with van der Waals surface area (Å²) in [5, 5.41) is -0.873. The molecule has 1 amide bonds. The standard InChI is InChI=1S/C12H13ClFNO4S/c1-7-3-10(11(19-2)5-9(7)13)15-6-8(4-12(15)16)20(14,17)18/h3,5,8H,4,6H2,1-2H3. The van der Waals surface area contributed by atoms with Gasteiger partial charge >= 0.3 is 10.2 Å². The molecule has 1 fully saturated rings. The fourth-order valence-electron chi connectivity index (χ4n) is 2.12. The number of carbonyl (C=O) groups is 1. The highest BCUT2D eigenvalue weighted by Crippen LogP contribution is 2.36. The van der Waals surface area contributed by atoms with E-state index in [-0.39, 0.29) is 13.0 Å². The zero-order valence-electron chi connectivity index (χ0n) is 10.9. The monoisotopic (exact) mass is 321 g/mol. The highest BCUT2D eigenvalue weighted by molar-refractivity contribution is 7.87. The summed E-state index contributed by atoms with van der Waals surface area (Å²) < 4.78 is 40.0. The van der Waals surface area contributed by atoms with Gasteiger partial charge in [-0.2, -0.15) is 8.42 Å². The van der Waals surface area contributed by atoms with Crippen LogP contribution >= 0.6 is 11.6 Å². The van der Waals surface area contributed by atoms with E-state index in [2.05, 4.69) is 0 Å². The zero-order chi connectivity index (χ0) is 15.1. The molecule has 0 N–H and O–H groups in total. The van der Waals surface area contributed by atoms with E-state index in [0.29, 0.717) is 22.0 Å². The number of anilines is 1. The molecule has 0 aliphatic carbocycles. The van der Waals surface area contributed by atoms with Gasteiger partial charge < -0.3 is 9.64 Å². The van der Waals surface area contributed by atoms with Crippen molar-refractivity contribution in [2.24, 2.45) is 0 Å². The molecule has 2 rings (SSSR count). The van der Waals surface area contributed by atoms with Crippen molar-refractivity contribution in [3.8, 4) is 5.75 Å². The van der Waals surface area contributed by atoms with Crippen LogP contribution in [-0.4, -0.2) is 33.2 Å². The van der Waals surface area contributed by atoms with Crippen molar-refractivity contribution in [2.75, 3.05) is 18.6 Å². The Bertz CT molecular complexity index is 662. The second-order valence-corrected chi connectivity index (χ2v) is 6.60. The summed E-state index contributed by atoms with van der Waals surface area (Å²) in [6.45, 7) is 1.52. The molecule has 8 heteroatoms. The second-order valence-electron chi connectivity index (χ2n) is 4.58. The molecule has 1 aliphatic heterocycles. The first kappa shape index (κ1) is 15.1. The Labute approximate surface area is 121 Å². The number of rotatable bonds is 3. The lowest BCUT2D eigenvalue weighted by atomic mass is 10.2. The average Bonchev–Trinajstić information content (AvgIpc) is 2.74. The van der Waals surface area contributed by atoms with E-state index in [4.69, 9.17) is 16.3 Å². The Morgan fingerprint density at radius 3 is 2.60 bits per heavy atom. The molecule has 0 bridgehead atoms. The Balaban J connectivity index is 2.42. The number of aryl methyl sites for hydroxylation is 1. The van der Waals surface area contributed by atoms with Gasteiger partial charge in [0.05, 0.1) is 12.8 Å². The summed E-state index contributed by atoms with van der Waals surface area (Å²) in [5.41, 5.74) is 1.10. The SMILES string of the molecule is COc1cc(Cl)c(C)cc1N1CC(S(=O)(=O)F)CC1=O. The second kappa shape index (κ2) is 5.21. The average molecular weight is 322 g/mol. The molecule has 110 valence electrons. The smallest absolute Gasteiger partial charge is 0.307 e. The first-order valence-electron chi connectivity index (χ1n) is 5.82. The van der Waals surface area contributed by atoms with Crippen molar-refractivity contribution in [2.45, 2.75) is 18.6 Å². The van der Waals surface area contributed by atoms with Crippen molar-refractivity contribution in [1.82, 2.24) is 0 Å². The molecule has 0 saturated carbocycles. The van der Waals surface area contributed by atoms with Crippen LogP contribution in [0.25, 0.3) is 0 Å². The minimum atomic E-state index is -4.74. The summed E-state index contributed by atoms with van der Waals surface area (Å²) in [5.74, 6) is -0.123. The molecule has 1 aromatic carbocycles. The molecule has 0 aromatic heterocycles. The number of hydrogen-bond donors (Lipinski definition) is 0. The molecular weight excluding hydrogens is 309 g/mol. The van der Waals surface area contributed by atoms with Gasteiger partial charge in [0.25, 0.3) is 0 Å². The third kappa shape index (κ3) is 2.73. The molecule has 20 heavy (non-hydrogen) atoms.